The van der Waals surface area contributed by atoms with Gasteiger partial charge in [0.25, 0.3) is 0 Å². The first-order valence-electron chi connectivity index (χ1n) is 8.12. The number of fused-ring (bicyclic) bond motifs is 1. The van der Waals surface area contributed by atoms with Crippen LogP contribution in [0.15, 0.2) is 30.3 Å². The zero-order valence-electron chi connectivity index (χ0n) is 15.5. The van der Waals surface area contributed by atoms with Gasteiger partial charge in [0.1, 0.15) is 5.75 Å². The maximum Gasteiger partial charge on any atom is 0.231 e. The Morgan fingerprint density at radius 2 is 1.59 bits per heavy atom. The lowest BCUT2D eigenvalue weighted by molar-refractivity contribution is 0.104. The summed E-state index contributed by atoms with van der Waals surface area (Å²) in [4.78, 5) is 12.6. The molecule has 2 aromatic carbocycles. The van der Waals surface area contributed by atoms with Gasteiger partial charge in [0.05, 0.1) is 34.0 Å². The molecule has 0 saturated heterocycles. The summed E-state index contributed by atoms with van der Waals surface area (Å²) in [7, 11) is 6.07. The molecule has 3 rings (SSSR count). The number of ether oxygens (including phenoxy) is 6. The molecule has 0 N–H and O–H groups in total. The van der Waals surface area contributed by atoms with Gasteiger partial charge in [-0.2, -0.15) is 0 Å². The average Bonchev–Trinajstić information content (AvgIpc) is 3.18. The van der Waals surface area contributed by atoms with Crippen LogP contribution in [0.25, 0.3) is 6.08 Å². The molecule has 27 heavy (non-hydrogen) atoms. The standard InChI is InChI=1S/C20H20O7/c1-22-16-10-18(23-2)20(25-4)19(24-3)13(16)6-7-14(21)12-5-8-15-17(9-12)27-11-26-15/h5-10H,11H2,1-4H3/b7-6+. The molecule has 1 aliphatic rings. The molecule has 0 bridgehead atoms. The van der Waals surface area contributed by atoms with E-state index in [4.69, 9.17) is 28.4 Å². The predicted octanol–water partition coefficient (Wildman–Crippen LogP) is 3.35. The summed E-state index contributed by atoms with van der Waals surface area (Å²) in [5.74, 6) is 2.74. The Balaban J connectivity index is 1.97. The van der Waals surface area contributed by atoms with Crippen LogP contribution in [0.3, 0.4) is 0 Å². The average molecular weight is 372 g/mol. The minimum absolute atomic E-state index is 0.156. The van der Waals surface area contributed by atoms with Crippen LogP contribution in [-0.4, -0.2) is 41.0 Å². The summed E-state index contributed by atoms with van der Waals surface area (Å²) in [5, 5.41) is 0. The van der Waals surface area contributed by atoms with Crippen molar-refractivity contribution in [2.45, 2.75) is 0 Å². The van der Waals surface area contributed by atoms with Crippen LogP contribution in [-0.2, 0) is 0 Å². The van der Waals surface area contributed by atoms with Crippen LogP contribution in [0, 0.1) is 0 Å². The molecule has 1 heterocycles. The van der Waals surface area contributed by atoms with Crippen molar-refractivity contribution >= 4 is 11.9 Å². The molecule has 0 unspecified atom stereocenters. The van der Waals surface area contributed by atoms with E-state index in [0.29, 0.717) is 45.6 Å². The van der Waals surface area contributed by atoms with E-state index in [1.807, 2.05) is 0 Å². The number of ketones is 1. The van der Waals surface area contributed by atoms with Gasteiger partial charge in [-0.15, -0.1) is 0 Å². The molecule has 1 aliphatic heterocycles. The third-order valence-electron chi connectivity index (χ3n) is 4.11. The van der Waals surface area contributed by atoms with E-state index in [1.54, 1.807) is 30.3 Å². The van der Waals surface area contributed by atoms with Crippen molar-refractivity contribution in [3.8, 4) is 34.5 Å². The normalized spacial score (nSPS) is 12.1. The molecule has 0 spiro atoms. The molecule has 0 saturated carbocycles. The van der Waals surface area contributed by atoms with Crippen LogP contribution < -0.4 is 28.4 Å². The van der Waals surface area contributed by atoms with Gasteiger partial charge in [-0.1, -0.05) is 0 Å². The van der Waals surface area contributed by atoms with E-state index in [2.05, 4.69) is 0 Å². The number of carbonyl (C=O) groups is 1. The largest absolute Gasteiger partial charge is 0.496 e. The van der Waals surface area contributed by atoms with Gasteiger partial charge in [0, 0.05) is 11.6 Å². The van der Waals surface area contributed by atoms with Crippen molar-refractivity contribution in [3.05, 3.63) is 41.5 Å². The Hall–Kier alpha value is -3.35. The maximum atomic E-state index is 12.6. The van der Waals surface area contributed by atoms with Crippen molar-refractivity contribution in [1.29, 1.82) is 0 Å². The monoisotopic (exact) mass is 372 g/mol. The molecule has 0 atom stereocenters. The topological polar surface area (TPSA) is 72.5 Å². The van der Waals surface area contributed by atoms with Crippen LogP contribution in [0.2, 0.25) is 0 Å². The summed E-state index contributed by atoms with van der Waals surface area (Å²) in [6.45, 7) is 0.156. The van der Waals surface area contributed by atoms with Crippen molar-refractivity contribution < 1.29 is 33.2 Å². The Labute approximate surface area is 157 Å². The molecule has 7 nitrogen and oxygen atoms in total. The lowest BCUT2D eigenvalue weighted by Crippen LogP contribution is -2.00. The second-order valence-electron chi connectivity index (χ2n) is 5.53. The molecule has 0 aliphatic carbocycles. The van der Waals surface area contributed by atoms with Gasteiger partial charge in [-0.05, 0) is 30.4 Å². The number of allylic oxidation sites excluding steroid dienone is 1. The second kappa shape index (κ2) is 7.90. The SMILES string of the molecule is COc1cc(OC)c(OC)c(OC)c1/C=C/C(=O)c1ccc2c(c1)OCO2. The highest BCUT2D eigenvalue weighted by atomic mass is 16.7. The quantitative estimate of drug-likeness (QED) is 0.545. The molecule has 7 heteroatoms. The van der Waals surface area contributed by atoms with Crippen molar-refractivity contribution in [3.63, 3.8) is 0 Å². The summed E-state index contributed by atoms with van der Waals surface area (Å²) in [5.41, 5.74) is 1.04. The molecule has 0 amide bonds. The van der Waals surface area contributed by atoms with Crippen LogP contribution >= 0.6 is 0 Å². The Kier molecular flexibility index (Phi) is 5.40. The Bertz CT molecular complexity index is 886. The van der Waals surface area contributed by atoms with Crippen LogP contribution in [0.4, 0.5) is 0 Å². The van der Waals surface area contributed by atoms with Gasteiger partial charge in [0.2, 0.25) is 12.5 Å². The van der Waals surface area contributed by atoms with E-state index in [0.717, 1.165) is 0 Å². The summed E-state index contributed by atoms with van der Waals surface area (Å²) >= 11 is 0. The number of carbonyl (C=O) groups excluding carboxylic acids is 1. The fourth-order valence-electron chi connectivity index (χ4n) is 2.79. The highest BCUT2D eigenvalue weighted by Gasteiger charge is 2.20. The smallest absolute Gasteiger partial charge is 0.231 e. The van der Waals surface area contributed by atoms with Gasteiger partial charge < -0.3 is 28.4 Å². The van der Waals surface area contributed by atoms with E-state index in [1.165, 1.54) is 34.5 Å². The summed E-state index contributed by atoms with van der Waals surface area (Å²) < 4.78 is 32.1. The minimum atomic E-state index is -0.202. The summed E-state index contributed by atoms with van der Waals surface area (Å²) in [6.07, 6.45) is 3.05. The van der Waals surface area contributed by atoms with Crippen molar-refractivity contribution in [1.82, 2.24) is 0 Å². The lowest BCUT2D eigenvalue weighted by atomic mass is 10.1. The molecular weight excluding hydrogens is 352 g/mol. The Morgan fingerprint density at radius 1 is 0.889 bits per heavy atom. The molecule has 0 radical (unpaired) electrons. The number of benzene rings is 2. The number of hydrogen-bond donors (Lipinski definition) is 0. The van der Waals surface area contributed by atoms with Gasteiger partial charge in [0.15, 0.2) is 28.8 Å². The first-order chi connectivity index (χ1) is 13.1. The fraction of sp³-hybridized carbons (Fsp3) is 0.250. The third kappa shape index (κ3) is 3.48. The molecule has 0 aromatic heterocycles. The van der Waals surface area contributed by atoms with E-state index in [9.17, 15) is 4.79 Å². The molecule has 142 valence electrons. The van der Waals surface area contributed by atoms with Gasteiger partial charge in [-0.25, -0.2) is 0 Å². The zero-order chi connectivity index (χ0) is 19.4. The first kappa shape index (κ1) is 18.4. The lowest BCUT2D eigenvalue weighted by Gasteiger charge is -2.17. The summed E-state index contributed by atoms with van der Waals surface area (Å²) in [6, 6.07) is 6.72. The number of methoxy groups -OCH3 is 4. The second-order valence-corrected chi connectivity index (χ2v) is 5.53. The van der Waals surface area contributed by atoms with E-state index >= 15 is 0 Å². The van der Waals surface area contributed by atoms with Gasteiger partial charge in [-0.3, -0.25) is 4.79 Å². The Morgan fingerprint density at radius 3 is 2.26 bits per heavy atom. The van der Waals surface area contributed by atoms with Crippen LogP contribution in [0.5, 0.6) is 34.5 Å². The van der Waals surface area contributed by atoms with E-state index in [-0.39, 0.29) is 12.6 Å². The highest BCUT2D eigenvalue weighted by Crippen LogP contribution is 2.45. The van der Waals surface area contributed by atoms with Gasteiger partial charge >= 0.3 is 0 Å². The maximum absolute atomic E-state index is 12.6. The minimum Gasteiger partial charge on any atom is -0.496 e. The number of rotatable bonds is 7. The first-order valence-corrected chi connectivity index (χ1v) is 8.12. The molecular formula is C20H20O7. The number of hydrogen-bond acceptors (Lipinski definition) is 7. The highest BCUT2D eigenvalue weighted by molar-refractivity contribution is 6.07. The molecule has 0 fully saturated rings. The van der Waals surface area contributed by atoms with Crippen molar-refractivity contribution in [2.24, 2.45) is 0 Å². The zero-order valence-corrected chi connectivity index (χ0v) is 15.5. The predicted molar refractivity (Wildman–Crippen MR) is 98.6 cm³/mol. The van der Waals surface area contributed by atoms with E-state index < -0.39 is 0 Å². The molecule has 2 aromatic rings. The third-order valence-corrected chi connectivity index (χ3v) is 4.11. The van der Waals surface area contributed by atoms with Crippen molar-refractivity contribution in [2.75, 3.05) is 35.2 Å². The van der Waals surface area contributed by atoms with Crippen LogP contribution in [0.1, 0.15) is 15.9 Å². The fourth-order valence-corrected chi connectivity index (χ4v) is 2.79.